The van der Waals surface area contributed by atoms with E-state index >= 15 is 0 Å². The Morgan fingerprint density at radius 3 is 2.65 bits per heavy atom. The van der Waals surface area contributed by atoms with Gasteiger partial charge in [-0.25, -0.2) is 4.39 Å². The normalized spacial score (nSPS) is 12.5. The molecule has 0 bridgehead atoms. The van der Waals surface area contributed by atoms with Gasteiger partial charge in [0.1, 0.15) is 11.9 Å². The summed E-state index contributed by atoms with van der Waals surface area (Å²) < 4.78 is 14.5. The molecule has 1 aromatic carbocycles. The van der Waals surface area contributed by atoms with Gasteiger partial charge < -0.3 is 5.11 Å². The van der Waals surface area contributed by atoms with Gasteiger partial charge in [0.05, 0.1) is 5.69 Å². The van der Waals surface area contributed by atoms with Crippen molar-refractivity contribution in [3.63, 3.8) is 0 Å². The number of rotatable bonds is 2. The first-order valence-corrected chi connectivity index (χ1v) is 6.41. The molecule has 17 heavy (non-hydrogen) atoms. The smallest absolute Gasteiger partial charge is 0.123 e. The van der Waals surface area contributed by atoms with Crippen LogP contribution in [0, 0.1) is 5.82 Å². The van der Waals surface area contributed by atoms with Crippen LogP contribution in [0.15, 0.2) is 45.5 Å². The third-order valence-corrected chi connectivity index (χ3v) is 3.33. The number of nitrogens with zero attached hydrogens (tertiary/aromatic N) is 1. The average Bonchev–Trinajstić information content (AvgIpc) is 2.28. The lowest BCUT2D eigenvalue weighted by molar-refractivity contribution is 0.214. The molecule has 1 unspecified atom stereocenters. The Bertz CT molecular complexity index is 548. The number of pyridine rings is 1. The summed E-state index contributed by atoms with van der Waals surface area (Å²) >= 11 is 6.60. The van der Waals surface area contributed by atoms with Crippen molar-refractivity contribution in [2.75, 3.05) is 0 Å². The molecule has 1 atom stereocenters. The number of aromatic nitrogens is 1. The summed E-state index contributed by atoms with van der Waals surface area (Å²) in [5.74, 6) is -0.380. The molecule has 1 heterocycles. The molecule has 0 saturated heterocycles. The van der Waals surface area contributed by atoms with Crippen molar-refractivity contribution in [1.29, 1.82) is 0 Å². The molecule has 1 N–H and O–H groups in total. The van der Waals surface area contributed by atoms with Gasteiger partial charge in [0.15, 0.2) is 0 Å². The highest BCUT2D eigenvalue weighted by Crippen LogP contribution is 2.28. The van der Waals surface area contributed by atoms with Gasteiger partial charge in [0.2, 0.25) is 0 Å². The number of aliphatic hydroxyl groups excluding tert-OH is 1. The molecule has 0 spiro atoms. The zero-order valence-corrected chi connectivity index (χ0v) is 11.7. The molecular weight excluding hydrogens is 353 g/mol. The first-order chi connectivity index (χ1) is 8.08. The van der Waals surface area contributed by atoms with Crippen LogP contribution in [0.1, 0.15) is 17.4 Å². The lowest BCUT2D eigenvalue weighted by atomic mass is 10.1. The largest absolute Gasteiger partial charge is 0.382 e. The second-order valence-electron chi connectivity index (χ2n) is 3.48. The van der Waals surface area contributed by atoms with E-state index in [0.717, 1.165) is 4.47 Å². The van der Waals surface area contributed by atoms with Gasteiger partial charge in [-0.3, -0.25) is 4.98 Å². The number of hydrogen-bond donors (Lipinski definition) is 1. The lowest BCUT2D eigenvalue weighted by Gasteiger charge is -2.12. The van der Waals surface area contributed by atoms with Crippen molar-refractivity contribution < 1.29 is 9.50 Å². The van der Waals surface area contributed by atoms with Gasteiger partial charge >= 0.3 is 0 Å². The maximum Gasteiger partial charge on any atom is 0.123 e. The van der Waals surface area contributed by atoms with Gasteiger partial charge in [0.25, 0.3) is 0 Å². The summed E-state index contributed by atoms with van der Waals surface area (Å²) in [5, 5.41) is 10.1. The fraction of sp³-hybridized carbons (Fsp3) is 0.0833. The van der Waals surface area contributed by atoms with Crippen LogP contribution in [0.2, 0.25) is 0 Å². The number of aliphatic hydroxyl groups is 1. The molecule has 5 heteroatoms. The monoisotopic (exact) mass is 359 g/mol. The van der Waals surface area contributed by atoms with E-state index in [0.29, 0.717) is 15.7 Å². The van der Waals surface area contributed by atoms with Gasteiger partial charge in [-0.2, -0.15) is 0 Å². The Morgan fingerprint density at radius 1 is 1.24 bits per heavy atom. The number of hydrogen-bond acceptors (Lipinski definition) is 2. The molecule has 0 aliphatic rings. The predicted molar refractivity (Wildman–Crippen MR) is 70.1 cm³/mol. The Morgan fingerprint density at radius 2 is 2.00 bits per heavy atom. The van der Waals surface area contributed by atoms with Crippen molar-refractivity contribution >= 4 is 31.9 Å². The molecule has 0 aliphatic carbocycles. The SMILES string of the molecule is OC(c1cccc(F)c1)c1ncc(Br)cc1Br. The number of benzene rings is 1. The summed E-state index contributed by atoms with van der Waals surface area (Å²) in [6.45, 7) is 0. The first kappa shape index (κ1) is 12.7. The molecule has 0 saturated carbocycles. The summed E-state index contributed by atoms with van der Waals surface area (Å²) in [6.07, 6.45) is 0.635. The van der Waals surface area contributed by atoms with Crippen LogP contribution < -0.4 is 0 Å². The standard InChI is InChI=1S/C12H8Br2FNO/c13-8-5-10(14)11(16-6-8)12(17)7-2-1-3-9(15)4-7/h1-6,12,17H. The minimum absolute atomic E-state index is 0.380. The molecule has 0 aliphatic heterocycles. The van der Waals surface area contributed by atoms with Crippen molar-refractivity contribution in [2.24, 2.45) is 0 Å². The highest BCUT2D eigenvalue weighted by Gasteiger charge is 2.15. The summed E-state index contributed by atoms with van der Waals surface area (Å²) in [7, 11) is 0. The average molecular weight is 361 g/mol. The predicted octanol–water partition coefficient (Wildman–Crippen LogP) is 3.83. The zero-order chi connectivity index (χ0) is 12.4. The van der Waals surface area contributed by atoms with Crippen molar-refractivity contribution in [3.8, 4) is 0 Å². The summed E-state index contributed by atoms with van der Waals surface area (Å²) in [6, 6.07) is 7.62. The summed E-state index contributed by atoms with van der Waals surface area (Å²) in [5.41, 5.74) is 0.930. The van der Waals surface area contributed by atoms with Crippen LogP contribution >= 0.6 is 31.9 Å². The molecule has 2 aromatic rings. The minimum atomic E-state index is -0.951. The van der Waals surface area contributed by atoms with Gasteiger partial charge in [0, 0.05) is 15.1 Å². The topological polar surface area (TPSA) is 33.1 Å². The second kappa shape index (κ2) is 5.25. The van der Waals surface area contributed by atoms with Crippen LogP contribution in [0.5, 0.6) is 0 Å². The molecule has 0 fully saturated rings. The van der Waals surface area contributed by atoms with Crippen molar-refractivity contribution in [2.45, 2.75) is 6.10 Å². The molecular formula is C12H8Br2FNO. The molecule has 2 rings (SSSR count). The lowest BCUT2D eigenvalue weighted by Crippen LogP contribution is -2.03. The van der Waals surface area contributed by atoms with E-state index < -0.39 is 6.10 Å². The Hall–Kier alpha value is -0.780. The molecule has 1 aromatic heterocycles. The van der Waals surface area contributed by atoms with Crippen LogP contribution in [0.4, 0.5) is 4.39 Å². The van der Waals surface area contributed by atoms with E-state index in [9.17, 15) is 9.50 Å². The minimum Gasteiger partial charge on any atom is -0.382 e. The quantitative estimate of drug-likeness (QED) is 0.882. The highest BCUT2D eigenvalue weighted by atomic mass is 79.9. The van der Waals surface area contributed by atoms with Crippen LogP contribution in [0.25, 0.3) is 0 Å². The van der Waals surface area contributed by atoms with E-state index in [1.807, 2.05) is 0 Å². The van der Waals surface area contributed by atoms with Gasteiger partial charge in [-0.05, 0) is 55.6 Å². The Balaban J connectivity index is 2.40. The number of halogens is 3. The maximum absolute atomic E-state index is 13.1. The molecule has 0 radical (unpaired) electrons. The second-order valence-corrected chi connectivity index (χ2v) is 5.25. The van der Waals surface area contributed by atoms with Crippen LogP contribution in [-0.2, 0) is 0 Å². The van der Waals surface area contributed by atoms with E-state index in [4.69, 9.17) is 0 Å². The first-order valence-electron chi connectivity index (χ1n) is 4.82. The van der Waals surface area contributed by atoms with Crippen molar-refractivity contribution in [1.82, 2.24) is 4.98 Å². The van der Waals surface area contributed by atoms with E-state index in [1.165, 1.54) is 12.1 Å². The van der Waals surface area contributed by atoms with E-state index in [-0.39, 0.29) is 5.82 Å². The summed E-state index contributed by atoms with van der Waals surface area (Å²) in [4.78, 5) is 4.12. The molecule has 0 amide bonds. The fourth-order valence-corrected chi connectivity index (χ4v) is 2.67. The third-order valence-electron chi connectivity index (χ3n) is 2.26. The van der Waals surface area contributed by atoms with Gasteiger partial charge in [-0.1, -0.05) is 12.1 Å². The third kappa shape index (κ3) is 2.91. The maximum atomic E-state index is 13.1. The van der Waals surface area contributed by atoms with Crippen molar-refractivity contribution in [3.05, 3.63) is 62.5 Å². The van der Waals surface area contributed by atoms with Crippen LogP contribution in [-0.4, -0.2) is 10.1 Å². The van der Waals surface area contributed by atoms with Gasteiger partial charge in [-0.15, -0.1) is 0 Å². The fourth-order valence-electron chi connectivity index (χ4n) is 1.46. The van der Waals surface area contributed by atoms with E-state index in [2.05, 4.69) is 36.8 Å². The molecule has 88 valence electrons. The van der Waals surface area contributed by atoms with Crippen LogP contribution in [0.3, 0.4) is 0 Å². The zero-order valence-electron chi connectivity index (χ0n) is 8.57. The molecule has 2 nitrogen and oxygen atoms in total. The van der Waals surface area contributed by atoms with E-state index in [1.54, 1.807) is 24.4 Å². The Labute approximate surface area is 115 Å². The highest BCUT2D eigenvalue weighted by molar-refractivity contribution is 9.11. The Kier molecular flexibility index (Phi) is 3.91.